The van der Waals surface area contributed by atoms with Crippen LogP contribution in [-0.4, -0.2) is 5.11 Å². The zero-order valence-corrected chi connectivity index (χ0v) is 9.04. The van der Waals surface area contributed by atoms with Gasteiger partial charge >= 0.3 is 0 Å². The van der Waals surface area contributed by atoms with Crippen molar-refractivity contribution in [1.29, 1.82) is 10.5 Å². The van der Waals surface area contributed by atoms with Gasteiger partial charge in [0.2, 0.25) is 0 Å². The van der Waals surface area contributed by atoms with Crippen LogP contribution in [-0.2, 0) is 0 Å². The summed E-state index contributed by atoms with van der Waals surface area (Å²) in [5, 5.41) is 27.0. The molecule has 0 saturated carbocycles. The number of benzene rings is 1. The number of phenolic OH excluding ortho intramolecular Hbond substituents is 1. The predicted molar refractivity (Wildman–Crippen MR) is 54.5 cm³/mol. The van der Waals surface area contributed by atoms with Crippen LogP contribution >= 0.6 is 15.9 Å². The van der Waals surface area contributed by atoms with Crippen molar-refractivity contribution in [2.45, 2.75) is 12.8 Å². The molecule has 1 aromatic carbocycles. The zero-order chi connectivity index (χ0) is 10.7. The Labute approximate surface area is 90.3 Å². The number of nitrogens with zero attached hydrogens (tertiary/aromatic N) is 2. The highest BCUT2D eigenvalue weighted by molar-refractivity contribution is 9.10. The van der Waals surface area contributed by atoms with Crippen molar-refractivity contribution in [3.05, 3.63) is 27.7 Å². The van der Waals surface area contributed by atoms with Crippen molar-refractivity contribution in [1.82, 2.24) is 0 Å². The van der Waals surface area contributed by atoms with Gasteiger partial charge in [-0.3, -0.25) is 0 Å². The van der Waals surface area contributed by atoms with E-state index in [9.17, 15) is 5.11 Å². The number of hydrogen-bond acceptors (Lipinski definition) is 3. The number of nitriles is 2. The number of phenols is 1. The van der Waals surface area contributed by atoms with Crippen LogP contribution in [0, 0.1) is 22.7 Å². The maximum atomic E-state index is 9.62. The van der Waals surface area contributed by atoms with Crippen molar-refractivity contribution in [2.24, 2.45) is 0 Å². The molecular weight excluding hydrogens is 244 g/mol. The van der Waals surface area contributed by atoms with Gasteiger partial charge < -0.3 is 5.11 Å². The average molecular weight is 251 g/mol. The quantitative estimate of drug-likeness (QED) is 0.834. The molecule has 1 unspecified atom stereocenters. The molecule has 1 atom stereocenters. The molecule has 14 heavy (non-hydrogen) atoms. The lowest BCUT2D eigenvalue weighted by molar-refractivity contribution is 0.465. The van der Waals surface area contributed by atoms with Crippen LogP contribution in [0.5, 0.6) is 5.75 Å². The van der Waals surface area contributed by atoms with Crippen LogP contribution in [0.4, 0.5) is 0 Å². The number of aromatic hydroxyl groups is 1. The van der Waals surface area contributed by atoms with Crippen LogP contribution in [0.1, 0.15) is 24.0 Å². The second kappa shape index (κ2) is 4.13. The third-order valence-electron chi connectivity index (χ3n) is 1.88. The topological polar surface area (TPSA) is 67.8 Å². The van der Waals surface area contributed by atoms with Crippen molar-refractivity contribution in [3.63, 3.8) is 0 Å². The summed E-state index contributed by atoms with van der Waals surface area (Å²) >= 11 is 3.21. The Bertz CT molecular complexity index is 443. The molecule has 0 aromatic heterocycles. The third kappa shape index (κ3) is 1.86. The van der Waals surface area contributed by atoms with Gasteiger partial charge in [0.15, 0.2) is 0 Å². The Morgan fingerprint density at radius 2 is 2.07 bits per heavy atom. The molecule has 4 heteroatoms. The largest absolute Gasteiger partial charge is 0.506 e. The first-order chi connectivity index (χ1) is 6.60. The summed E-state index contributed by atoms with van der Waals surface area (Å²) in [4.78, 5) is 0. The summed E-state index contributed by atoms with van der Waals surface area (Å²) < 4.78 is 0.684. The maximum Gasteiger partial charge on any atom is 0.137 e. The Hall–Kier alpha value is -1.52. The van der Waals surface area contributed by atoms with Crippen LogP contribution in [0.2, 0.25) is 0 Å². The average Bonchev–Trinajstić information content (AvgIpc) is 2.19. The molecule has 0 fully saturated rings. The monoisotopic (exact) mass is 250 g/mol. The zero-order valence-electron chi connectivity index (χ0n) is 7.45. The minimum atomic E-state index is -0.431. The number of rotatable bonds is 1. The second-order valence-electron chi connectivity index (χ2n) is 2.85. The molecule has 0 aliphatic carbocycles. The van der Waals surface area contributed by atoms with Crippen molar-refractivity contribution < 1.29 is 5.11 Å². The molecule has 70 valence electrons. The van der Waals surface area contributed by atoms with Crippen molar-refractivity contribution in [2.75, 3.05) is 0 Å². The van der Waals surface area contributed by atoms with Gasteiger partial charge in [0.05, 0.1) is 17.6 Å². The Morgan fingerprint density at radius 3 is 2.57 bits per heavy atom. The standard InChI is InChI=1S/C10H7BrN2O/c1-6(4-12)9-3-8(11)2-7(5-13)10(9)14/h2-3,6,14H,1H3. The summed E-state index contributed by atoms with van der Waals surface area (Å²) in [7, 11) is 0. The summed E-state index contributed by atoms with van der Waals surface area (Å²) in [6.45, 7) is 1.67. The lowest BCUT2D eigenvalue weighted by atomic mass is 9.99. The molecule has 0 saturated heterocycles. The number of halogens is 1. The Balaban J connectivity index is 3.40. The van der Waals surface area contributed by atoms with E-state index in [1.807, 2.05) is 12.1 Å². The molecule has 1 aromatic rings. The summed E-state index contributed by atoms with van der Waals surface area (Å²) in [6.07, 6.45) is 0. The lowest BCUT2D eigenvalue weighted by Crippen LogP contribution is -1.92. The molecular formula is C10H7BrN2O. The molecule has 1 N–H and O–H groups in total. The molecule has 0 spiro atoms. The first-order valence-electron chi connectivity index (χ1n) is 3.92. The fourth-order valence-corrected chi connectivity index (χ4v) is 1.58. The second-order valence-corrected chi connectivity index (χ2v) is 3.77. The summed E-state index contributed by atoms with van der Waals surface area (Å²) in [6, 6.07) is 7.04. The van der Waals surface area contributed by atoms with Crippen LogP contribution in [0.25, 0.3) is 0 Å². The number of hydrogen-bond donors (Lipinski definition) is 1. The van der Waals surface area contributed by atoms with E-state index in [4.69, 9.17) is 10.5 Å². The van der Waals surface area contributed by atoms with Gasteiger partial charge in [0, 0.05) is 10.0 Å². The van der Waals surface area contributed by atoms with E-state index in [1.54, 1.807) is 13.0 Å². The van der Waals surface area contributed by atoms with Gasteiger partial charge in [0.25, 0.3) is 0 Å². The van der Waals surface area contributed by atoms with E-state index >= 15 is 0 Å². The highest BCUT2D eigenvalue weighted by atomic mass is 79.9. The van der Waals surface area contributed by atoms with E-state index in [0.717, 1.165) is 0 Å². The first-order valence-corrected chi connectivity index (χ1v) is 4.71. The normalized spacial score (nSPS) is 11.4. The Morgan fingerprint density at radius 1 is 1.43 bits per heavy atom. The molecule has 0 amide bonds. The van der Waals surface area contributed by atoms with E-state index in [0.29, 0.717) is 10.0 Å². The molecule has 1 rings (SSSR count). The smallest absolute Gasteiger partial charge is 0.137 e. The van der Waals surface area contributed by atoms with E-state index < -0.39 is 5.92 Å². The molecule has 0 radical (unpaired) electrons. The molecule has 0 bridgehead atoms. The molecule has 0 heterocycles. The van der Waals surface area contributed by atoms with E-state index in [1.165, 1.54) is 6.07 Å². The van der Waals surface area contributed by atoms with Crippen molar-refractivity contribution >= 4 is 15.9 Å². The van der Waals surface area contributed by atoms with Gasteiger partial charge in [-0.05, 0) is 19.1 Å². The van der Waals surface area contributed by atoms with Gasteiger partial charge in [-0.2, -0.15) is 10.5 Å². The van der Waals surface area contributed by atoms with E-state index in [-0.39, 0.29) is 11.3 Å². The molecule has 3 nitrogen and oxygen atoms in total. The molecule has 0 aliphatic heterocycles. The summed E-state index contributed by atoms with van der Waals surface area (Å²) in [5.74, 6) is -0.538. The minimum absolute atomic E-state index is 0.107. The van der Waals surface area contributed by atoms with E-state index in [2.05, 4.69) is 15.9 Å². The van der Waals surface area contributed by atoms with Crippen LogP contribution < -0.4 is 0 Å². The highest BCUT2D eigenvalue weighted by Gasteiger charge is 2.14. The van der Waals surface area contributed by atoms with Gasteiger partial charge in [-0.25, -0.2) is 0 Å². The fraction of sp³-hybridized carbons (Fsp3) is 0.200. The maximum absolute atomic E-state index is 9.62. The van der Waals surface area contributed by atoms with Gasteiger partial charge in [-0.15, -0.1) is 0 Å². The predicted octanol–water partition coefficient (Wildman–Crippen LogP) is 2.65. The summed E-state index contributed by atoms with van der Waals surface area (Å²) in [5.41, 5.74) is 0.648. The van der Waals surface area contributed by atoms with Crippen LogP contribution in [0.3, 0.4) is 0 Å². The minimum Gasteiger partial charge on any atom is -0.506 e. The third-order valence-corrected chi connectivity index (χ3v) is 2.34. The Kier molecular flexibility index (Phi) is 3.11. The van der Waals surface area contributed by atoms with Gasteiger partial charge in [-0.1, -0.05) is 15.9 Å². The van der Waals surface area contributed by atoms with Crippen molar-refractivity contribution in [3.8, 4) is 17.9 Å². The molecule has 0 aliphatic rings. The SMILES string of the molecule is CC(C#N)c1cc(Br)cc(C#N)c1O. The first kappa shape index (κ1) is 10.6. The van der Waals surface area contributed by atoms with Crippen LogP contribution in [0.15, 0.2) is 16.6 Å². The highest BCUT2D eigenvalue weighted by Crippen LogP contribution is 2.31. The van der Waals surface area contributed by atoms with Gasteiger partial charge in [0.1, 0.15) is 11.8 Å². The fourth-order valence-electron chi connectivity index (χ4n) is 1.11. The lowest BCUT2D eigenvalue weighted by Gasteiger charge is -2.07.